The molecule has 0 bridgehead atoms. The molecular weight excluding hydrogens is 152 g/mol. The predicted octanol–water partition coefficient (Wildman–Crippen LogP) is 0.980. The van der Waals surface area contributed by atoms with Crippen LogP contribution < -0.4 is 5.69 Å². The highest BCUT2D eigenvalue weighted by Gasteiger charge is 2.04. The topological polar surface area (TPSA) is 26.9 Å². The first-order chi connectivity index (χ1) is 5.72. The number of aromatic nitrogens is 2. The van der Waals surface area contributed by atoms with Crippen molar-refractivity contribution < 1.29 is 0 Å². The van der Waals surface area contributed by atoms with Crippen LogP contribution in [0.2, 0.25) is 0 Å². The Kier molecular flexibility index (Phi) is 1.33. The first kappa shape index (κ1) is 7.16. The highest BCUT2D eigenvalue weighted by atomic mass is 16.1. The Labute approximate surface area is 69.9 Å². The second-order valence-corrected chi connectivity index (χ2v) is 2.76. The second kappa shape index (κ2) is 2.24. The van der Waals surface area contributed by atoms with Crippen LogP contribution in [0.15, 0.2) is 29.1 Å². The fourth-order valence-corrected chi connectivity index (χ4v) is 1.36. The van der Waals surface area contributed by atoms with Gasteiger partial charge >= 0.3 is 5.69 Å². The van der Waals surface area contributed by atoms with Gasteiger partial charge in [0, 0.05) is 14.1 Å². The van der Waals surface area contributed by atoms with Gasteiger partial charge in [0.1, 0.15) is 0 Å². The third kappa shape index (κ3) is 0.733. The van der Waals surface area contributed by atoms with Crippen LogP contribution in [0.3, 0.4) is 0 Å². The van der Waals surface area contributed by atoms with E-state index in [0.717, 1.165) is 11.0 Å². The Hall–Kier alpha value is -1.51. The minimum atomic E-state index is -0.0869. The van der Waals surface area contributed by atoms with Crippen molar-refractivity contribution in [3.05, 3.63) is 41.8 Å². The average Bonchev–Trinajstić information content (AvgIpc) is 2.33. The summed E-state index contributed by atoms with van der Waals surface area (Å²) in [5, 5.41) is 0. The van der Waals surface area contributed by atoms with E-state index in [1.54, 1.807) is 11.6 Å². The van der Waals surface area contributed by atoms with Gasteiger partial charge in [0.2, 0.25) is 0 Å². The third-order valence-electron chi connectivity index (χ3n) is 2.05. The van der Waals surface area contributed by atoms with E-state index in [2.05, 4.69) is 7.05 Å². The van der Waals surface area contributed by atoms with Gasteiger partial charge in [0.15, 0.2) is 0 Å². The molecule has 0 aliphatic heterocycles. The van der Waals surface area contributed by atoms with E-state index in [-0.39, 0.29) is 5.69 Å². The Morgan fingerprint density at radius 1 is 1.25 bits per heavy atom. The van der Waals surface area contributed by atoms with E-state index in [4.69, 9.17) is 0 Å². The van der Waals surface area contributed by atoms with Gasteiger partial charge in [-0.2, -0.15) is 0 Å². The zero-order valence-electron chi connectivity index (χ0n) is 6.82. The lowest BCUT2D eigenvalue weighted by molar-refractivity contribution is 0.845. The molecule has 3 heteroatoms. The predicted molar refractivity (Wildman–Crippen MR) is 47.9 cm³/mol. The summed E-state index contributed by atoms with van der Waals surface area (Å²) in [5.41, 5.74) is 1.69. The van der Waals surface area contributed by atoms with Crippen molar-refractivity contribution in [3.8, 4) is 0 Å². The number of fused-ring (bicyclic) bond motifs is 1. The third-order valence-corrected chi connectivity index (χ3v) is 2.05. The number of imidazole rings is 1. The molecule has 0 aliphatic carbocycles. The number of hydrogen-bond acceptors (Lipinski definition) is 1. The van der Waals surface area contributed by atoms with Crippen LogP contribution in [0.4, 0.5) is 0 Å². The van der Waals surface area contributed by atoms with Crippen molar-refractivity contribution in [1.82, 2.24) is 9.13 Å². The Bertz CT molecular complexity index is 437. The summed E-state index contributed by atoms with van der Waals surface area (Å²) < 4.78 is 2.98. The van der Waals surface area contributed by atoms with Gasteiger partial charge in [-0.3, -0.25) is 9.13 Å². The zero-order valence-corrected chi connectivity index (χ0v) is 6.82. The van der Waals surface area contributed by atoms with Crippen molar-refractivity contribution in [2.24, 2.45) is 7.05 Å². The normalized spacial score (nSPS) is 10.8. The number of rotatable bonds is 0. The highest BCUT2D eigenvalue weighted by molar-refractivity contribution is 5.75. The monoisotopic (exact) mass is 161 g/mol. The van der Waals surface area contributed by atoms with E-state index in [1.165, 1.54) is 4.57 Å². The second-order valence-electron chi connectivity index (χ2n) is 2.76. The lowest BCUT2D eigenvalue weighted by atomic mass is 10.3. The van der Waals surface area contributed by atoms with Crippen molar-refractivity contribution >= 4 is 11.0 Å². The molecule has 0 N–H and O–H groups in total. The van der Waals surface area contributed by atoms with Gasteiger partial charge in [0.25, 0.3) is 0 Å². The molecule has 0 aliphatic rings. The largest absolute Gasteiger partial charge is 0.328 e. The van der Waals surface area contributed by atoms with E-state index < -0.39 is 0 Å². The van der Waals surface area contributed by atoms with Crippen molar-refractivity contribution in [2.75, 3.05) is 0 Å². The molecule has 0 fully saturated rings. The Balaban J connectivity index is 3.09. The molecule has 0 spiro atoms. The van der Waals surface area contributed by atoms with Gasteiger partial charge < -0.3 is 0 Å². The first-order valence-electron chi connectivity index (χ1n) is 3.69. The van der Waals surface area contributed by atoms with E-state index in [1.807, 2.05) is 24.3 Å². The molecule has 1 aromatic heterocycles. The fraction of sp³-hybridized carbons (Fsp3) is 0.111. The maximum Gasteiger partial charge on any atom is 0.328 e. The minimum absolute atomic E-state index is 0.0869. The van der Waals surface area contributed by atoms with E-state index >= 15 is 0 Å². The summed E-state index contributed by atoms with van der Waals surface area (Å²) in [5.74, 6) is 0. The van der Waals surface area contributed by atoms with Gasteiger partial charge in [-0.1, -0.05) is 12.1 Å². The number of para-hydroxylation sites is 2. The molecule has 61 valence electrons. The summed E-state index contributed by atoms with van der Waals surface area (Å²) in [6.07, 6.45) is 0. The van der Waals surface area contributed by atoms with Crippen LogP contribution in [-0.2, 0) is 7.05 Å². The maximum atomic E-state index is 11.4. The zero-order chi connectivity index (χ0) is 8.72. The molecule has 0 atom stereocenters. The van der Waals surface area contributed by atoms with E-state index in [9.17, 15) is 4.79 Å². The van der Waals surface area contributed by atoms with Gasteiger partial charge in [-0.25, -0.2) is 4.79 Å². The van der Waals surface area contributed by atoms with E-state index in [0.29, 0.717) is 0 Å². The van der Waals surface area contributed by atoms with Crippen LogP contribution in [0.25, 0.3) is 11.0 Å². The van der Waals surface area contributed by atoms with Crippen LogP contribution in [-0.4, -0.2) is 9.13 Å². The molecule has 12 heavy (non-hydrogen) atoms. The molecule has 0 amide bonds. The quantitative estimate of drug-likeness (QED) is 0.565. The number of nitrogens with zero attached hydrogens (tertiary/aromatic N) is 2. The minimum Gasteiger partial charge on any atom is -0.295 e. The summed E-state index contributed by atoms with van der Waals surface area (Å²) in [7, 11) is 5.39. The van der Waals surface area contributed by atoms with Crippen LogP contribution in [0.1, 0.15) is 0 Å². The fourth-order valence-electron chi connectivity index (χ4n) is 1.36. The van der Waals surface area contributed by atoms with Crippen LogP contribution >= 0.6 is 0 Å². The summed E-state index contributed by atoms with van der Waals surface area (Å²) in [6, 6.07) is 7.58. The molecule has 1 aromatic carbocycles. The maximum absolute atomic E-state index is 11.4. The molecule has 0 unspecified atom stereocenters. The van der Waals surface area contributed by atoms with Crippen molar-refractivity contribution in [2.45, 2.75) is 0 Å². The molecule has 1 heterocycles. The molecule has 2 aromatic rings. The SMILES string of the molecule is [CH2]n1c(=O)n(C)c2ccccc21. The highest BCUT2D eigenvalue weighted by Crippen LogP contribution is 2.09. The Morgan fingerprint density at radius 2 is 1.83 bits per heavy atom. The molecule has 0 saturated heterocycles. The van der Waals surface area contributed by atoms with Gasteiger partial charge in [0.05, 0.1) is 11.0 Å². The number of hydrogen-bond donors (Lipinski definition) is 0. The molecule has 0 saturated carbocycles. The van der Waals surface area contributed by atoms with Gasteiger partial charge in [-0.15, -0.1) is 0 Å². The number of aryl methyl sites for hydroxylation is 1. The average molecular weight is 161 g/mol. The molecule has 3 nitrogen and oxygen atoms in total. The van der Waals surface area contributed by atoms with Crippen molar-refractivity contribution in [1.29, 1.82) is 0 Å². The number of benzene rings is 1. The molecule has 1 radical (unpaired) electrons. The Morgan fingerprint density at radius 3 is 2.42 bits per heavy atom. The lowest BCUT2D eigenvalue weighted by Gasteiger charge is -1.90. The summed E-state index contributed by atoms with van der Waals surface area (Å²) in [4.78, 5) is 11.4. The standard InChI is InChI=1S/C9H9N2O/c1-10-7-5-3-4-6-8(7)11(2)9(10)12/h3-6H,1H2,2H3. The molecule has 2 rings (SSSR count). The first-order valence-corrected chi connectivity index (χ1v) is 3.69. The van der Waals surface area contributed by atoms with Crippen molar-refractivity contribution in [3.63, 3.8) is 0 Å². The van der Waals surface area contributed by atoms with Gasteiger partial charge in [-0.05, 0) is 12.1 Å². The summed E-state index contributed by atoms with van der Waals surface area (Å²) in [6.45, 7) is 0. The van der Waals surface area contributed by atoms with Crippen LogP contribution in [0, 0.1) is 7.05 Å². The smallest absolute Gasteiger partial charge is 0.295 e. The lowest BCUT2D eigenvalue weighted by Crippen LogP contribution is -2.18. The summed E-state index contributed by atoms with van der Waals surface area (Å²) >= 11 is 0. The molecular formula is C9H9N2O. The van der Waals surface area contributed by atoms with Crippen LogP contribution in [0.5, 0.6) is 0 Å².